The van der Waals surface area contributed by atoms with Crippen molar-refractivity contribution in [2.75, 3.05) is 0 Å². The van der Waals surface area contributed by atoms with Gasteiger partial charge in [-0.3, -0.25) is 14.6 Å². The van der Waals surface area contributed by atoms with Crippen molar-refractivity contribution in [1.29, 1.82) is 5.41 Å². The molecule has 0 saturated carbocycles. The average Bonchev–Trinajstić information content (AvgIpc) is 3.05. The summed E-state index contributed by atoms with van der Waals surface area (Å²) in [6.45, 7) is 3.86. The molecule has 0 spiro atoms. The zero-order valence-corrected chi connectivity index (χ0v) is 15.0. The molecule has 0 bridgehead atoms. The highest BCUT2D eigenvalue weighted by Crippen LogP contribution is 2.26. The van der Waals surface area contributed by atoms with Crippen LogP contribution in [0.1, 0.15) is 35.5 Å². The van der Waals surface area contributed by atoms with E-state index in [4.69, 9.17) is 16.9 Å². The van der Waals surface area contributed by atoms with Gasteiger partial charge in [-0.2, -0.15) is 0 Å². The molecule has 5 N–H and O–H groups in total. The first-order valence-corrected chi connectivity index (χ1v) is 8.41. The fourth-order valence-corrected chi connectivity index (χ4v) is 2.82. The standard InChI is InChI=1S/C20H20FN5O/c1-11(2)18(22)17(19(23)12-3-6-14(21)7-4-12)13-5-8-16-25-9-15(20(24)27)26(16)10-13/h3-11,23H,22H2,1-2H3,(H2,24,27)/b18-17-,23-19?. The number of pyridine rings is 1. The molecular formula is C20H20FN5O. The number of hydrogen-bond donors (Lipinski definition) is 3. The number of carbonyl (C=O) groups excluding carboxylic acids is 1. The number of amides is 1. The lowest BCUT2D eigenvalue weighted by Gasteiger charge is -2.17. The second-order valence-electron chi connectivity index (χ2n) is 6.52. The van der Waals surface area contributed by atoms with Crippen LogP contribution >= 0.6 is 0 Å². The Bertz CT molecular complexity index is 1060. The third-order valence-corrected chi connectivity index (χ3v) is 4.34. The monoisotopic (exact) mass is 365 g/mol. The van der Waals surface area contributed by atoms with E-state index in [0.717, 1.165) is 0 Å². The summed E-state index contributed by atoms with van der Waals surface area (Å²) < 4.78 is 14.8. The van der Waals surface area contributed by atoms with Gasteiger partial charge in [-0.15, -0.1) is 0 Å². The minimum absolute atomic E-state index is 0.0186. The number of aromatic nitrogens is 2. The van der Waals surface area contributed by atoms with Crippen LogP contribution in [0.3, 0.4) is 0 Å². The van der Waals surface area contributed by atoms with Crippen LogP contribution in [-0.2, 0) is 0 Å². The second-order valence-corrected chi connectivity index (χ2v) is 6.52. The minimum Gasteiger partial charge on any atom is -0.401 e. The number of rotatable bonds is 5. The van der Waals surface area contributed by atoms with Crippen LogP contribution < -0.4 is 11.5 Å². The number of nitrogens with zero attached hydrogens (tertiary/aromatic N) is 2. The maximum atomic E-state index is 13.3. The second kappa shape index (κ2) is 7.03. The van der Waals surface area contributed by atoms with E-state index >= 15 is 0 Å². The van der Waals surface area contributed by atoms with Crippen LogP contribution in [0.15, 0.2) is 54.5 Å². The maximum absolute atomic E-state index is 13.3. The van der Waals surface area contributed by atoms with Gasteiger partial charge in [0, 0.05) is 28.6 Å². The van der Waals surface area contributed by atoms with E-state index in [2.05, 4.69) is 4.98 Å². The van der Waals surface area contributed by atoms with Gasteiger partial charge in [0.25, 0.3) is 5.91 Å². The maximum Gasteiger partial charge on any atom is 0.267 e. The molecule has 138 valence electrons. The molecular weight excluding hydrogens is 345 g/mol. The summed E-state index contributed by atoms with van der Waals surface area (Å²) in [5.41, 5.74) is 14.9. The molecule has 1 aromatic carbocycles. The summed E-state index contributed by atoms with van der Waals surface area (Å²) in [7, 11) is 0. The van der Waals surface area contributed by atoms with E-state index in [1.807, 2.05) is 13.8 Å². The van der Waals surface area contributed by atoms with Crippen LogP contribution in [0.25, 0.3) is 11.2 Å². The molecule has 3 aromatic rings. The first-order chi connectivity index (χ1) is 12.8. The average molecular weight is 365 g/mol. The Kier molecular flexibility index (Phi) is 4.77. The van der Waals surface area contributed by atoms with E-state index in [1.165, 1.54) is 30.5 Å². The highest BCUT2D eigenvalue weighted by Gasteiger charge is 2.18. The third kappa shape index (κ3) is 3.44. The number of imidazole rings is 1. The highest BCUT2D eigenvalue weighted by molar-refractivity contribution is 6.31. The van der Waals surface area contributed by atoms with Gasteiger partial charge in [0.15, 0.2) is 0 Å². The van der Waals surface area contributed by atoms with Crippen molar-refractivity contribution in [3.63, 3.8) is 0 Å². The molecule has 0 unspecified atom stereocenters. The molecule has 2 heterocycles. The lowest BCUT2D eigenvalue weighted by molar-refractivity contribution is 0.0994. The summed E-state index contributed by atoms with van der Waals surface area (Å²) in [4.78, 5) is 15.8. The number of carbonyl (C=O) groups is 1. The van der Waals surface area contributed by atoms with Crippen molar-refractivity contribution < 1.29 is 9.18 Å². The fraction of sp³-hybridized carbons (Fsp3) is 0.150. The summed E-state index contributed by atoms with van der Waals surface area (Å²) in [5.74, 6) is -0.995. The van der Waals surface area contributed by atoms with Gasteiger partial charge in [-0.05, 0) is 42.3 Å². The van der Waals surface area contributed by atoms with Crippen molar-refractivity contribution >= 4 is 22.8 Å². The normalized spacial score (nSPS) is 12.3. The number of nitrogens with one attached hydrogen (secondary N) is 1. The van der Waals surface area contributed by atoms with Gasteiger partial charge < -0.3 is 11.5 Å². The van der Waals surface area contributed by atoms with Gasteiger partial charge in [-0.1, -0.05) is 13.8 Å². The lowest BCUT2D eigenvalue weighted by atomic mass is 9.92. The fourth-order valence-electron chi connectivity index (χ4n) is 2.82. The van der Waals surface area contributed by atoms with Crippen molar-refractivity contribution in [3.8, 4) is 0 Å². The molecule has 0 aliphatic rings. The molecule has 0 aliphatic carbocycles. The smallest absolute Gasteiger partial charge is 0.267 e. The predicted octanol–water partition coefficient (Wildman–Crippen LogP) is 2.97. The van der Waals surface area contributed by atoms with Crippen LogP contribution in [-0.4, -0.2) is 21.0 Å². The third-order valence-electron chi connectivity index (χ3n) is 4.34. The number of primary amides is 1. The topological polar surface area (TPSA) is 110 Å². The number of halogens is 1. The van der Waals surface area contributed by atoms with Crippen molar-refractivity contribution in [2.45, 2.75) is 13.8 Å². The van der Waals surface area contributed by atoms with Crippen LogP contribution in [0.4, 0.5) is 4.39 Å². The Morgan fingerprint density at radius 3 is 2.33 bits per heavy atom. The van der Waals surface area contributed by atoms with E-state index in [-0.39, 0.29) is 23.1 Å². The number of fused-ring (bicyclic) bond motifs is 1. The minimum atomic E-state index is -0.601. The largest absolute Gasteiger partial charge is 0.401 e. The summed E-state index contributed by atoms with van der Waals surface area (Å²) in [5, 5.41) is 8.65. The van der Waals surface area contributed by atoms with Crippen molar-refractivity contribution in [1.82, 2.24) is 9.38 Å². The molecule has 1 amide bonds. The van der Waals surface area contributed by atoms with E-state index in [1.54, 1.807) is 22.7 Å². The molecule has 27 heavy (non-hydrogen) atoms. The van der Waals surface area contributed by atoms with E-state index in [9.17, 15) is 9.18 Å². The van der Waals surface area contributed by atoms with Crippen LogP contribution in [0, 0.1) is 17.1 Å². The molecule has 0 atom stereocenters. The van der Waals surface area contributed by atoms with E-state index < -0.39 is 5.91 Å². The SMILES string of the molecule is CC(C)/C(N)=C(/C(=N)c1ccc(F)cc1)c1ccc2ncc(C(N)=O)n2c1. The molecule has 3 rings (SSSR count). The molecule has 2 aromatic heterocycles. The highest BCUT2D eigenvalue weighted by atomic mass is 19.1. The Hall–Kier alpha value is -3.48. The van der Waals surface area contributed by atoms with Crippen molar-refractivity contribution in [2.24, 2.45) is 17.4 Å². The van der Waals surface area contributed by atoms with Gasteiger partial charge >= 0.3 is 0 Å². The molecule has 0 aliphatic heterocycles. The first kappa shape index (κ1) is 18.3. The summed E-state index contributed by atoms with van der Waals surface area (Å²) >= 11 is 0. The molecule has 6 nitrogen and oxygen atoms in total. The van der Waals surface area contributed by atoms with Crippen LogP contribution in [0.2, 0.25) is 0 Å². The van der Waals surface area contributed by atoms with Gasteiger partial charge in [0.1, 0.15) is 17.2 Å². The number of nitrogens with two attached hydrogens (primary N) is 2. The van der Waals surface area contributed by atoms with E-state index in [0.29, 0.717) is 28.0 Å². The Labute approximate surface area is 155 Å². The number of allylic oxidation sites excluding steroid dienone is 2. The summed E-state index contributed by atoms with van der Waals surface area (Å²) in [6.07, 6.45) is 3.09. The Balaban J connectivity index is 2.20. The van der Waals surface area contributed by atoms with Crippen LogP contribution in [0.5, 0.6) is 0 Å². The van der Waals surface area contributed by atoms with Gasteiger partial charge in [-0.25, -0.2) is 9.37 Å². The predicted molar refractivity (Wildman–Crippen MR) is 103 cm³/mol. The lowest BCUT2D eigenvalue weighted by Crippen LogP contribution is -2.16. The quantitative estimate of drug-likeness (QED) is 0.605. The number of benzene rings is 1. The molecule has 0 radical (unpaired) electrons. The summed E-state index contributed by atoms with van der Waals surface area (Å²) in [6, 6.07) is 9.20. The molecule has 7 heteroatoms. The zero-order valence-electron chi connectivity index (χ0n) is 15.0. The van der Waals surface area contributed by atoms with Gasteiger partial charge in [0.05, 0.1) is 11.9 Å². The first-order valence-electron chi connectivity index (χ1n) is 8.41. The molecule has 0 fully saturated rings. The number of hydrogen-bond acceptors (Lipinski definition) is 4. The Morgan fingerprint density at radius 1 is 1.11 bits per heavy atom. The zero-order chi connectivity index (χ0) is 19.7. The molecule has 0 saturated heterocycles. The van der Waals surface area contributed by atoms with Crippen molar-refractivity contribution in [3.05, 3.63) is 77.1 Å². The Morgan fingerprint density at radius 2 is 1.74 bits per heavy atom. The van der Waals surface area contributed by atoms with Gasteiger partial charge in [0.2, 0.25) is 0 Å².